The van der Waals surface area contributed by atoms with Crippen LogP contribution in [0.3, 0.4) is 0 Å². The number of benzene rings is 2. The van der Waals surface area contributed by atoms with Crippen molar-refractivity contribution in [3.63, 3.8) is 0 Å². The first kappa shape index (κ1) is 15.7. The molecule has 22 heavy (non-hydrogen) atoms. The molecular weight excluding hydrogens is 276 g/mol. The molecule has 114 valence electrons. The molecule has 2 aromatic carbocycles. The van der Waals surface area contributed by atoms with Crippen molar-refractivity contribution in [2.24, 2.45) is 0 Å². The summed E-state index contributed by atoms with van der Waals surface area (Å²) in [6, 6.07) is 15.5. The minimum atomic E-state index is 0.439. The van der Waals surface area contributed by atoms with Gasteiger partial charge in [-0.3, -0.25) is 0 Å². The summed E-state index contributed by atoms with van der Waals surface area (Å²) < 4.78 is 11.0. The molecule has 0 aromatic heterocycles. The summed E-state index contributed by atoms with van der Waals surface area (Å²) in [5.41, 5.74) is 1.56. The molecule has 0 saturated carbocycles. The fraction of sp³-hybridized carbons (Fsp3) is 0.278. The number of rotatable bonds is 6. The van der Waals surface area contributed by atoms with Crippen molar-refractivity contribution in [2.45, 2.75) is 26.3 Å². The van der Waals surface area contributed by atoms with Gasteiger partial charge >= 0.3 is 0 Å². The first-order valence-corrected chi connectivity index (χ1v) is 7.29. The molecule has 0 fully saturated rings. The number of nitrogens with one attached hydrogen (secondary N) is 1. The van der Waals surface area contributed by atoms with Crippen molar-refractivity contribution in [1.82, 2.24) is 0 Å². The number of nitrogens with zero attached hydrogens (tertiary/aromatic N) is 1. The Bertz CT molecular complexity index is 660. The first-order valence-electron chi connectivity index (χ1n) is 7.29. The lowest BCUT2D eigenvalue weighted by atomic mass is 10.2. The Morgan fingerprint density at radius 1 is 1.14 bits per heavy atom. The van der Waals surface area contributed by atoms with Gasteiger partial charge in [0.05, 0.1) is 12.7 Å². The van der Waals surface area contributed by atoms with Gasteiger partial charge in [-0.15, -0.1) is 0 Å². The van der Waals surface area contributed by atoms with Crippen molar-refractivity contribution >= 4 is 5.69 Å². The third kappa shape index (κ3) is 3.92. The van der Waals surface area contributed by atoms with Crippen LogP contribution in [-0.4, -0.2) is 13.2 Å². The molecule has 2 rings (SSSR count). The minimum absolute atomic E-state index is 0.439. The summed E-state index contributed by atoms with van der Waals surface area (Å²) in [6.45, 7) is 4.29. The minimum Gasteiger partial charge on any atom is -0.495 e. The molecule has 4 heteroatoms. The van der Waals surface area contributed by atoms with Gasteiger partial charge in [-0.05, 0) is 49.7 Å². The zero-order chi connectivity index (χ0) is 15.9. The highest BCUT2D eigenvalue weighted by atomic mass is 16.5. The Kier molecular flexibility index (Phi) is 5.26. The summed E-state index contributed by atoms with van der Waals surface area (Å²) in [7, 11) is 1.54. The van der Waals surface area contributed by atoms with E-state index in [4.69, 9.17) is 14.7 Å². The van der Waals surface area contributed by atoms with Gasteiger partial charge in [0.1, 0.15) is 23.3 Å². The Hall–Kier alpha value is -2.67. The number of ether oxygens (including phenoxy) is 2. The molecule has 2 aromatic rings. The molecule has 0 amide bonds. The molecule has 0 heterocycles. The van der Waals surface area contributed by atoms with E-state index in [0.717, 1.165) is 17.9 Å². The van der Waals surface area contributed by atoms with Gasteiger partial charge < -0.3 is 14.8 Å². The highest BCUT2D eigenvalue weighted by molar-refractivity contribution is 5.50. The van der Waals surface area contributed by atoms with Crippen molar-refractivity contribution in [1.29, 1.82) is 5.26 Å². The van der Waals surface area contributed by atoms with Crippen LogP contribution in [0.1, 0.15) is 25.8 Å². The van der Waals surface area contributed by atoms with Crippen LogP contribution in [0.2, 0.25) is 0 Å². The summed E-state index contributed by atoms with van der Waals surface area (Å²) in [6.07, 6.45) is 1.07. The van der Waals surface area contributed by atoms with E-state index in [0.29, 0.717) is 23.1 Å². The van der Waals surface area contributed by atoms with E-state index >= 15 is 0 Å². The maximum atomic E-state index is 8.98. The van der Waals surface area contributed by atoms with E-state index < -0.39 is 0 Å². The normalized spacial score (nSPS) is 11.4. The Morgan fingerprint density at radius 3 is 2.41 bits per heavy atom. The number of hydrogen-bond donors (Lipinski definition) is 1. The van der Waals surface area contributed by atoms with Gasteiger partial charge in [0, 0.05) is 17.8 Å². The lowest BCUT2D eigenvalue weighted by molar-refractivity contribution is 0.407. The van der Waals surface area contributed by atoms with Crippen LogP contribution in [0.4, 0.5) is 5.69 Å². The molecule has 0 spiro atoms. The fourth-order valence-electron chi connectivity index (χ4n) is 1.97. The molecule has 0 bridgehead atoms. The van der Waals surface area contributed by atoms with Crippen LogP contribution >= 0.6 is 0 Å². The van der Waals surface area contributed by atoms with E-state index in [-0.39, 0.29) is 0 Å². The Balaban J connectivity index is 2.09. The van der Waals surface area contributed by atoms with E-state index in [1.54, 1.807) is 18.2 Å². The quantitative estimate of drug-likeness (QED) is 0.848. The SMILES string of the molecule is CC[C@@H](C)Nc1ccc(Oc2ccc(C#N)c(OC)c2)cc1. The molecule has 0 unspecified atom stereocenters. The van der Waals surface area contributed by atoms with Gasteiger partial charge in [-0.2, -0.15) is 5.26 Å². The third-order valence-corrected chi connectivity index (χ3v) is 3.41. The fourth-order valence-corrected chi connectivity index (χ4v) is 1.97. The topological polar surface area (TPSA) is 54.3 Å². The summed E-state index contributed by atoms with van der Waals surface area (Å²) in [5, 5.41) is 12.4. The maximum Gasteiger partial charge on any atom is 0.140 e. The van der Waals surface area contributed by atoms with E-state index in [9.17, 15) is 0 Å². The lowest BCUT2D eigenvalue weighted by Gasteiger charge is -2.13. The lowest BCUT2D eigenvalue weighted by Crippen LogP contribution is -2.12. The number of hydrogen-bond acceptors (Lipinski definition) is 4. The van der Waals surface area contributed by atoms with Crippen LogP contribution in [0.5, 0.6) is 17.2 Å². The second kappa shape index (κ2) is 7.37. The Morgan fingerprint density at radius 2 is 1.82 bits per heavy atom. The summed E-state index contributed by atoms with van der Waals surface area (Å²) in [4.78, 5) is 0. The van der Waals surface area contributed by atoms with Gasteiger partial charge in [-0.1, -0.05) is 6.92 Å². The second-order valence-corrected chi connectivity index (χ2v) is 5.05. The first-order chi connectivity index (χ1) is 10.7. The number of anilines is 1. The average molecular weight is 296 g/mol. The van der Waals surface area contributed by atoms with E-state index in [2.05, 4.69) is 25.2 Å². The predicted molar refractivity (Wildman–Crippen MR) is 87.6 cm³/mol. The van der Waals surface area contributed by atoms with Crippen molar-refractivity contribution in [2.75, 3.05) is 12.4 Å². The predicted octanol–water partition coefficient (Wildman–Crippen LogP) is 4.57. The van der Waals surface area contributed by atoms with Gasteiger partial charge in [0.2, 0.25) is 0 Å². The summed E-state index contributed by atoms with van der Waals surface area (Å²) in [5.74, 6) is 1.88. The molecule has 0 radical (unpaired) electrons. The molecule has 0 saturated heterocycles. The molecule has 1 N–H and O–H groups in total. The van der Waals surface area contributed by atoms with Crippen molar-refractivity contribution in [3.8, 4) is 23.3 Å². The largest absolute Gasteiger partial charge is 0.495 e. The zero-order valence-electron chi connectivity index (χ0n) is 13.1. The maximum absolute atomic E-state index is 8.98. The van der Waals surface area contributed by atoms with E-state index in [1.165, 1.54) is 7.11 Å². The molecule has 0 aliphatic rings. The van der Waals surface area contributed by atoms with Crippen LogP contribution < -0.4 is 14.8 Å². The van der Waals surface area contributed by atoms with Crippen LogP contribution in [0.15, 0.2) is 42.5 Å². The number of nitriles is 1. The second-order valence-electron chi connectivity index (χ2n) is 5.05. The van der Waals surface area contributed by atoms with Crippen LogP contribution in [0.25, 0.3) is 0 Å². The molecule has 0 aliphatic carbocycles. The standard InChI is InChI=1S/C18H20N2O2/c1-4-13(2)20-15-6-9-16(10-7-15)22-17-8-5-14(12-19)18(11-17)21-3/h5-11,13,20H,4H2,1-3H3/t13-/m1/s1. The van der Waals surface area contributed by atoms with Crippen LogP contribution in [-0.2, 0) is 0 Å². The summed E-state index contributed by atoms with van der Waals surface area (Å²) >= 11 is 0. The molecule has 1 atom stereocenters. The number of methoxy groups -OCH3 is 1. The van der Waals surface area contributed by atoms with Gasteiger partial charge in [-0.25, -0.2) is 0 Å². The van der Waals surface area contributed by atoms with E-state index in [1.807, 2.05) is 24.3 Å². The monoisotopic (exact) mass is 296 g/mol. The third-order valence-electron chi connectivity index (χ3n) is 3.41. The highest BCUT2D eigenvalue weighted by Crippen LogP contribution is 2.28. The smallest absolute Gasteiger partial charge is 0.140 e. The van der Waals surface area contributed by atoms with Gasteiger partial charge in [0.15, 0.2) is 0 Å². The average Bonchev–Trinajstić information content (AvgIpc) is 2.56. The molecule has 0 aliphatic heterocycles. The van der Waals surface area contributed by atoms with Crippen molar-refractivity contribution < 1.29 is 9.47 Å². The highest BCUT2D eigenvalue weighted by Gasteiger charge is 2.06. The molecule has 4 nitrogen and oxygen atoms in total. The zero-order valence-corrected chi connectivity index (χ0v) is 13.1. The Labute approximate surface area is 131 Å². The van der Waals surface area contributed by atoms with Gasteiger partial charge in [0.25, 0.3) is 0 Å². The van der Waals surface area contributed by atoms with Crippen LogP contribution in [0, 0.1) is 11.3 Å². The van der Waals surface area contributed by atoms with Crippen molar-refractivity contribution in [3.05, 3.63) is 48.0 Å². The molecular formula is C18H20N2O2.